The lowest BCUT2D eigenvalue weighted by molar-refractivity contribution is -0.132. The first-order valence-corrected chi connectivity index (χ1v) is 12.3. The number of anilines is 1. The lowest BCUT2D eigenvalue weighted by Crippen LogP contribution is -2.29. The third-order valence-electron chi connectivity index (χ3n) is 5.59. The molecular formula is C26H23ClN2O6S. The number of benzene rings is 2. The van der Waals surface area contributed by atoms with Crippen molar-refractivity contribution in [3.8, 4) is 5.75 Å². The Balaban J connectivity index is 1.85. The van der Waals surface area contributed by atoms with E-state index >= 15 is 0 Å². The number of rotatable bonds is 7. The van der Waals surface area contributed by atoms with Crippen LogP contribution in [0.15, 0.2) is 54.1 Å². The van der Waals surface area contributed by atoms with E-state index in [0.29, 0.717) is 34.2 Å². The van der Waals surface area contributed by atoms with Crippen molar-refractivity contribution in [2.75, 3.05) is 18.6 Å². The summed E-state index contributed by atoms with van der Waals surface area (Å²) >= 11 is 7.00. The summed E-state index contributed by atoms with van der Waals surface area (Å²) in [6.07, 6.45) is 0.847. The monoisotopic (exact) mass is 526 g/mol. The molecule has 1 aliphatic heterocycles. The van der Waals surface area contributed by atoms with Gasteiger partial charge in [-0.15, -0.1) is 0 Å². The Labute approximate surface area is 216 Å². The number of aromatic nitrogens is 1. The maximum Gasteiger partial charge on any atom is 0.350 e. The molecule has 10 heteroatoms. The molecule has 2 heterocycles. The normalized spacial score (nSPS) is 16.9. The molecule has 0 radical (unpaired) electrons. The van der Waals surface area contributed by atoms with Gasteiger partial charge in [-0.25, -0.2) is 9.78 Å². The van der Waals surface area contributed by atoms with Crippen LogP contribution in [0, 0.1) is 6.92 Å². The first kappa shape index (κ1) is 25.4. The average molecular weight is 527 g/mol. The van der Waals surface area contributed by atoms with Gasteiger partial charge in [0.2, 0.25) is 0 Å². The van der Waals surface area contributed by atoms with Crippen LogP contribution in [-0.4, -0.2) is 41.5 Å². The largest absolute Gasteiger partial charge is 0.507 e. The lowest BCUT2D eigenvalue weighted by Gasteiger charge is -2.23. The number of hydrogen-bond donors (Lipinski definition) is 1. The summed E-state index contributed by atoms with van der Waals surface area (Å²) in [5.74, 6) is -2.05. The van der Waals surface area contributed by atoms with Crippen molar-refractivity contribution in [1.82, 2.24) is 4.98 Å². The van der Waals surface area contributed by atoms with E-state index < -0.39 is 23.7 Å². The van der Waals surface area contributed by atoms with Crippen LogP contribution in [0.25, 0.3) is 5.76 Å². The number of esters is 1. The number of carbonyl (C=O) groups excluding carboxylic acids is 3. The number of nitrogens with zero attached hydrogens (tertiary/aromatic N) is 2. The fourth-order valence-corrected chi connectivity index (χ4v) is 4.98. The first-order valence-electron chi connectivity index (χ1n) is 11.1. The molecule has 4 rings (SSSR count). The molecule has 0 aliphatic carbocycles. The van der Waals surface area contributed by atoms with Gasteiger partial charge in [0.25, 0.3) is 5.78 Å². The number of carbonyl (C=O) groups is 3. The van der Waals surface area contributed by atoms with Crippen molar-refractivity contribution in [2.24, 2.45) is 0 Å². The smallest absolute Gasteiger partial charge is 0.350 e. The number of hydrogen-bond acceptors (Lipinski definition) is 8. The van der Waals surface area contributed by atoms with Crippen LogP contribution >= 0.6 is 22.9 Å². The van der Waals surface area contributed by atoms with Gasteiger partial charge in [-0.1, -0.05) is 42.0 Å². The zero-order valence-electron chi connectivity index (χ0n) is 19.8. The summed E-state index contributed by atoms with van der Waals surface area (Å²) in [6.45, 7) is 4.16. The maximum absolute atomic E-state index is 13.3. The highest BCUT2D eigenvalue weighted by Crippen LogP contribution is 2.44. The number of ether oxygens (including phenoxy) is 2. The molecule has 1 atom stereocenters. The lowest BCUT2D eigenvalue weighted by atomic mass is 9.95. The van der Waals surface area contributed by atoms with Crippen molar-refractivity contribution in [2.45, 2.75) is 26.3 Å². The van der Waals surface area contributed by atoms with Gasteiger partial charge >= 0.3 is 11.9 Å². The molecule has 1 fully saturated rings. The molecule has 1 saturated heterocycles. The Hall–Kier alpha value is -3.69. The maximum atomic E-state index is 13.3. The number of thiazole rings is 1. The fourth-order valence-electron chi connectivity index (χ4n) is 3.84. The fraction of sp³-hybridized carbons (Fsp3) is 0.231. The van der Waals surface area contributed by atoms with Gasteiger partial charge in [0, 0.05) is 10.6 Å². The number of amides is 1. The Bertz CT molecular complexity index is 1350. The van der Waals surface area contributed by atoms with E-state index in [-0.39, 0.29) is 21.3 Å². The molecule has 8 nitrogen and oxygen atoms in total. The number of halogens is 1. The van der Waals surface area contributed by atoms with E-state index in [0.717, 1.165) is 17.8 Å². The van der Waals surface area contributed by atoms with Crippen molar-refractivity contribution >= 4 is 51.5 Å². The molecule has 1 aliphatic rings. The van der Waals surface area contributed by atoms with Crippen LogP contribution < -0.4 is 9.64 Å². The number of aliphatic hydroxyl groups excluding tert-OH is 1. The quantitative estimate of drug-likeness (QED) is 0.192. The number of aryl methyl sites for hydroxylation is 1. The van der Waals surface area contributed by atoms with Crippen LogP contribution in [0.3, 0.4) is 0 Å². The van der Waals surface area contributed by atoms with Crippen LogP contribution in [0.4, 0.5) is 5.13 Å². The second-order valence-corrected chi connectivity index (χ2v) is 9.41. The molecule has 186 valence electrons. The van der Waals surface area contributed by atoms with Crippen LogP contribution in [0.2, 0.25) is 5.02 Å². The Morgan fingerprint density at radius 1 is 1.14 bits per heavy atom. The van der Waals surface area contributed by atoms with E-state index in [1.165, 1.54) is 12.0 Å². The molecule has 0 bridgehead atoms. The standard InChI is InChI=1S/C26H23ClN2O6S/c1-4-13-35-18-11-7-16(8-12-18)21(30)19-20(15-5-9-17(27)10-6-15)29(24(32)22(19)31)26-28-14(2)23(36-26)25(33)34-3/h5-12,20,30H,4,13H2,1-3H3/b21-19+. The van der Waals surface area contributed by atoms with Crippen molar-refractivity contribution in [3.63, 3.8) is 0 Å². The molecule has 3 aromatic rings. The van der Waals surface area contributed by atoms with Crippen LogP contribution in [0.1, 0.15) is 45.9 Å². The third kappa shape index (κ3) is 4.72. The number of ketones is 1. The van der Waals surface area contributed by atoms with Crippen molar-refractivity contribution in [3.05, 3.63) is 80.8 Å². The molecular weight excluding hydrogens is 504 g/mol. The molecule has 1 amide bonds. The topological polar surface area (TPSA) is 106 Å². The minimum atomic E-state index is -0.991. The van der Waals surface area contributed by atoms with E-state index in [2.05, 4.69) is 4.98 Å². The Kier molecular flexibility index (Phi) is 7.42. The van der Waals surface area contributed by atoms with Gasteiger partial charge in [-0.05, 0) is 55.3 Å². The predicted octanol–water partition coefficient (Wildman–Crippen LogP) is 5.31. The molecule has 1 aromatic heterocycles. The van der Waals surface area contributed by atoms with Crippen molar-refractivity contribution in [1.29, 1.82) is 0 Å². The highest BCUT2D eigenvalue weighted by molar-refractivity contribution is 7.17. The highest BCUT2D eigenvalue weighted by Gasteiger charge is 2.48. The molecule has 0 saturated carbocycles. The van der Waals surface area contributed by atoms with E-state index in [1.807, 2.05) is 6.92 Å². The molecule has 36 heavy (non-hydrogen) atoms. The van der Waals surface area contributed by atoms with E-state index in [4.69, 9.17) is 21.1 Å². The molecule has 0 spiro atoms. The van der Waals surface area contributed by atoms with Gasteiger partial charge in [0.05, 0.1) is 31.0 Å². The zero-order chi connectivity index (χ0) is 26.0. The second-order valence-electron chi connectivity index (χ2n) is 8.00. The highest BCUT2D eigenvalue weighted by atomic mass is 35.5. The second kappa shape index (κ2) is 10.5. The molecule has 2 aromatic carbocycles. The first-order chi connectivity index (χ1) is 17.3. The third-order valence-corrected chi connectivity index (χ3v) is 6.98. The Morgan fingerprint density at radius 3 is 2.42 bits per heavy atom. The van der Waals surface area contributed by atoms with Crippen LogP contribution in [0.5, 0.6) is 5.75 Å². The zero-order valence-corrected chi connectivity index (χ0v) is 21.4. The van der Waals surface area contributed by atoms with Gasteiger partial charge in [-0.3, -0.25) is 14.5 Å². The minimum Gasteiger partial charge on any atom is -0.507 e. The van der Waals surface area contributed by atoms with Crippen LogP contribution in [-0.2, 0) is 14.3 Å². The van der Waals surface area contributed by atoms with E-state index in [9.17, 15) is 19.5 Å². The SMILES string of the molecule is CCCOc1ccc(/C(O)=C2\C(=O)C(=O)N(c3nc(C)c(C(=O)OC)s3)C2c2ccc(Cl)cc2)cc1. The predicted molar refractivity (Wildman–Crippen MR) is 137 cm³/mol. The number of Topliss-reactive ketones (excluding diaryl/α,β-unsaturated/α-hetero) is 1. The minimum absolute atomic E-state index is 0.1000. The summed E-state index contributed by atoms with van der Waals surface area (Å²) < 4.78 is 10.4. The molecule has 1 N–H and O–H groups in total. The average Bonchev–Trinajstić information content (AvgIpc) is 3.39. The summed E-state index contributed by atoms with van der Waals surface area (Å²) in [6, 6.07) is 12.2. The molecule has 1 unspecified atom stereocenters. The van der Waals surface area contributed by atoms with Gasteiger partial charge < -0.3 is 14.6 Å². The summed E-state index contributed by atoms with van der Waals surface area (Å²) in [7, 11) is 1.25. The summed E-state index contributed by atoms with van der Waals surface area (Å²) in [5.41, 5.74) is 1.15. The van der Waals surface area contributed by atoms with Gasteiger partial charge in [0.1, 0.15) is 16.4 Å². The number of methoxy groups -OCH3 is 1. The van der Waals surface area contributed by atoms with Crippen molar-refractivity contribution < 1.29 is 29.0 Å². The van der Waals surface area contributed by atoms with Gasteiger partial charge in [0.15, 0.2) is 5.13 Å². The Morgan fingerprint density at radius 2 is 1.81 bits per heavy atom. The summed E-state index contributed by atoms with van der Waals surface area (Å²) in [4.78, 5) is 44.5. The summed E-state index contributed by atoms with van der Waals surface area (Å²) in [5, 5.41) is 11.8. The number of aliphatic hydroxyl groups is 1. The van der Waals surface area contributed by atoms with Gasteiger partial charge in [-0.2, -0.15) is 0 Å². The van der Waals surface area contributed by atoms with E-state index in [1.54, 1.807) is 55.5 Å².